The summed E-state index contributed by atoms with van der Waals surface area (Å²) >= 11 is 3.52. The van der Waals surface area contributed by atoms with Gasteiger partial charge in [-0.1, -0.05) is 48.6 Å². The van der Waals surface area contributed by atoms with Crippen LogP contribution in [0.15, 0.2) is 95.5 Å². The average molecular weight is 649 g/mol. The van der Waals surface area contributed by atoms with Crippen LogP contribution in [0, 0.1) is 5.92 Å². The number of hydrogen-bond acceptors (Lipinski definition) is 7. The van der Waals surface area contributed by atoms with Gasteiger partial charge in [-0.15, -0.1) is 0 Å². The molecule has 4 atom stereocenters. The fourth-order valence-electron chi connectivity index (χ4n) is 7.34. The van der Waals surface area contributed by atoms with Crippen LogP contribution in [0.25, 0.3) is 6.08 Å². The molecule has 0 bridgehead atoms. The van der Waals surface area contributed by atoms with Crippen molar-refractivity contribution in [1.82, 2.24) is 0 Å². The molecule has 0 aromatic heterocycles. The van der Waals surface area contributed by atoms with Crippen molar-refractivity contribution in [2.45, 2.75) is 17.5 Å². The Morgan fingerprint density at radius 1 is 0.932 bits per heavy atom. The van der Waals surface area contributed by atoms with Crippen LogP contribution in [0.3, 0.4) is 0 Å². The van der Waals surface area contributed by atoms with E-state index in [4.69, 9.17) is 14.2 Å². The molecule has 9 heteroatoms. The van der Waals surface area contributed by atoms with Crippen molar-refractivity contribution in [2.75, 3.05) is 24.1 Å². The molecule has 8 nitrogen and oxygen atoms in total. The highest BCUT2D eigenvalue weighted by Crippen LogP contribution is 2.58. The van der Waals surface area contributed by atoms with Crippen LogP contribution in [0.5, 0.6) is 17.2 Å². The van der Waals surface area contributed by atoms with Crippen LogP contribution in [0.1, 0.15) is 31.8 Å². The minimum absolute atomic E-state index is 0.0566. The van der Waals surface area contributed by atoms with E-state index in [-0.39, 0.29) is 24.3 Å². The highest BCUT2D eigenvalue weighted by molar-refractivity contribution is 9.10. The third-order valence-electron chi connectivity index (χ3n) is 9.19. The summed E-state index contributed by atoms with van der Waals surface area (Å²) in [5.41, 5.74) is 2.32. The standard InChI is InChI=1S/C35H25BrN2O6/c1-42-26-13-10-20(16-23(26)36)33(40)31-30(32(39)21-11-14-27-28(17-21)44-18-43-27)35(22-7-3-4-8-24(22)37-34(35)41)29-15-12-19-6-2-5-9-25(19)38(29)31/h2-17,29-31H,18H2,1H3,(H,37,41)/t29-,30-,31-,35-/m1/s1. The van der Waals surface area contributed by atoms with E-state index in [2.05, 4.69) is 21.2 Å². The summed E-state index contributed by atoms with van der Waals surface area (Å²) in [6.07, 6.45) is 3.94. The second kappa shape index (κ2) is 9.82. The van der Waals surface area contributed by atoms with Gasteiger partial charge in [-0.05, 0) is 75.6 Å². The Labute approximate surface area is 261 Å². The van der Waals surface area contributed by atoms with Crippen molar-refractivity contribution in [3.63, 3.8) is 0 Å². The highest BCUT2D eigenvalue weighted by Gasteiger charge is 2.70. The second-order valence-electron chi connectivity index (χ2n) is 11.2. The van der Waals surface area contributed by atoms with E-state index >= 15 is 4.79 Å². The summed E-state index contributed by atoms with van der Waals surface area (Å²) in [7, 11) is 1.56. The van der Waals surface area contributed by atoms with Crippen LogP contribution in [-0.4, -0.2) is 43.5 Å². The molecule has 1 fully saturated rings. The zero-order valence-electron chi connectivity index (χ0n) is 23.5. The Morgan fingerprint density at radius 2 is 1.68 bits per heavy atom. The molecule has 4 aromatic rings. The number of methoxy groups -OCH3 is 1. The Balaban J connectivity index is 1.40. The second-order valence-corrected chi connectivity index (χ2v) is 12.1. The lowest BCUT2D eigenvalue weighted by molar-refractivity contribution is -0.121. The van der Waals surface area contributed by atoms with E-state index < -0.39 is 23.4 Å². The third-order valence-corrected chi connectivity index (χ3v) is 9.81. The number of nitrogens with one attached hydrogen (secondary N) is 1. The van der Waals surface area contributed by atoms with Crippen molar-refractivity contribution in [3.8, 4) is 17.2 Å². The molecule has 1 saturated heterocycles. The van der Waals surface area contributed by atoms with Crippen LogP contribution in [0.2, 0.25) is 0 Å². The normalized spacial score (nSPS) is 23.6. The SMILES string of the molecule is COc1ccc(C(=O)[C@H]2[C@H](C(=O)c3ccc4c(c3)OCO4)[C@]3(C(=O)Nc4ccccc43)[C@H]3C=Cc4ccccc4N23)cc1Br. The van der Waals surface area contributed by atoms with E-state index in [0.717, 1.165) is 11.3 Å². The molecule has 4 aliphatic heterocycles. The summed E-state index contributed by atoms with van der Waals surface area (Å²) in [6.45, 7) is 0.0566. The molecule has 0 radical (unpaired) electrons. The summed E-state index contributed by atoms with van der Waals surface area (Å²) in [4.78, 5) is 46.4. The van der Waals surface area contributed by atoms with E-state index in [9.17, 15) is 9.59 Å². The van der Waals surface area contributed by atoms with E-state index in [0.29, 0.717) is 44.1 Å². The number of nitrogens with zero attached hydrogens (tertiary/aromatic N) is 1. The van der Waals surface area contributed by atoms with E-state index in [1.807, 2.05) is 65.6 Å². The molecular formula is C35H25BrN2O6. The summed E-state index contributed by atoms with van der Waals surface area (Å²) in [5, 5.41) is 3.06. The van der Waals surface area contributed by atoms with Gasteiger partial charge in [0.05, 0.1) is 23.5 Å². The maximum atomic E-state index is 15.0. The molecule has 0 aliphatic carbocycles. The van der Waals surface area contributed by atoms with Crippen molar-refractivity contribution in [1.29, 1.82) is 0 Å². The van der Waals surface area contributed by atoms with Gasteiger partial charge < -0.3 is 24.4 Å². The van der Waals surface area contributed by atoms with E-state index in [1.165, 1.54) is 0 Å². The van der Waals surface area contributed by atoms with Crippen molar-refractivity contribution >= 4 is 50.9 Å². The van der Waals surface area contributed by atoms with Crippen LogP contribution in [-0.2, 0) is 10.2 Å². The van der Waals surface area contributed by atoms with Gasteiger partial charge in [-0.3, -0.25) is 14.4 Å². The predicted molar refractivity (Wildman–Crippen MR) is 168 cm³/mol. The quantitative estimate of drug-likeness (QED) is 0.264. The third kappa shape index (κ3) is 3.59. The first kappa shape index (κ1) is 26.7. The highest BCUT2D eigenvalue weighted by atomic mass is 79.9. The number of benzene rings is 4. The number of carbonyl (C=O) groups is 3. The lowest BCUT2D eigenvalue weighted by atomic mass is 9.64. The number of Topliss-reactive ketones (excluding diaryl/α,β-unsaturated/α-hetero) is 2. The molecule has 0 saturated carbocycles. The Morgan fingerprint density at radius 3 is 2.52 bits per heavy atom. The fourth-order valence-corrected chi connectivity index (χ4v) is 7.88. The lowest BCUT2D eigenvalue weighted by Gasteiger charge is -2.37. The molecule has 1 N–H and O–H groups in total. The first-order valence-corrected chi connectivity index (χ1v) is 15.0. The first-order chi connectivity index (χ1) is 21.4. The largest absolute Gasteiger partial charge is 0.496 e. The molecule has 4 aromatic carbocycles. The molecule has 44 heavy (non-hydrogen) atoms. The maximum absolute atomic E-state index is 15.0. The Bertz CT molecular complexity index is 1940. The number of ketones is 2. The zero-order valence-corrected chi connectivity index (χ0v) is 25.0. The number of rotatable bonds is 5. The van der Waals surface area contributed by atoms with Gasteiger partial charge in [-0.25, -0.2) is 0 Å². The van der Waals surface area contributed by atoms with Gasteiger partial charge in [0.15, 0.2) is 23.1 Å². The number of hydrogen-bond donors (Lipinski definition) is 1. The molecular weight excluding hydrogens is 624 g/mol. The van der Waals surface area contributed by atoms with Crippen LogP contribution in [0.4, 0.5) is 11.4 Å². The zero-order chi connectivity index (χ0) is 30.2. The lowest BCUT2D eigenvalue weighted by Crippen LogP contribution is -2.51. The van der Waals surface area contributed by atoms with Crippen LogP contribution >= 0.6 is 15.9 Å². The molecule has 1 spiro atoms. The number of amides is 1. The first-order valence-electron chi connectivity index (χ1n) is 14.2. The minimum Gasteiger partial charge on any atom is -0.496 e. The fraction of sp³-hybridized carbons (Fsp3) is 0.171. The summed E-state index contributed by atoms with van der Waals surface area (Å²) in [5.74, 6) is -0.465. The molecule has 0 unspecified atom stereocenters. The Hall–Kier alpha value is -4.89. The van der Waals surface area contributed by atoms with Gasteiger partial charge in [-0.2, -0.15) is 0 Å². The smallest absolute Gasteiger partial charge is 0.238 e. The molecule has 4 aliphatic rings. The van der Waals surface area contributed by atoms with Crippen LogP contribution < -0.4 is 24.4 Å². The number of anilines is 2. The number of para-hydroxylation sites is 2. The van der Waals surface area contributed by atoms with Gasteiger partial charge in [0.25, 0.3) is 0 Å². The monoisotopic (exact) mass is 648 g/mol. The van der Waals surface area contributed by atoms with Gasteiger partial charge in [0.2, 0.25) is 12.7 Å². The molecule has 218 valence electrons. The summed E-state index contributed by atoms with van der Waals surface area (Å²) < 4.78 is 17.1. The number of carbonyl (C=O) groups excluding carboxylic acids is 3. The topological polar surface area (TPSA) is 94.2 Å². The molecule has 8 rings (SSSR count). The van der Waals surface area contributed by atoms with Gasteiger partial charge >= 0.3 is 0 Å². The van der Waals surface area contributed by atoms with Gasteiger partial charge in [0.1, 0.15) is 17.2 Å². The Kier molecular flexibility index (Phi) is 5.96. The number of ether oxygens (including phenoxy) is 3. The van der Waals surface area contributed by atoms with Gasteiger partial charge in [0, 0.05) is 22.5 Å². The van der Waals surface area contributed by atoms with E-state index in [1.54, 1.807) is 43.5 Å². The van der Waals surface area contributed by atoms with Crippen molar-refractivity contribution in [3.05, 3.63) is 118 Å². The molecule has 1 amide bonds. The number of fused-ring (bicyclic) bond motifs is 7. The molecule has 4 heterocycles. The number of halogens is 1. The van der Waals surface area contributed by atoms with Crippen molar-refractivity contribution in [2.24, 2.45) is 5.92 Å². The maximum Gasteiger partial charge on any atom is 0.238 e. The average Bonchev–Trinajstić information content (AvgIpc) is 3.73. The van der Waals surface area contributed by atoms with Crippen molar-refractivity contribution < 1.29 is 28.6 Å². The predicted octanol–water partition coefficient (Wildman–Crippen LogP) is 6.04. The summed E-state index contributed by atoms with van der Waals surface area (Å²) in [6, 6.07) is 23.7. The minimum atomic E-state index is -1.40.